The number of amides is 2. The smallest absolute Gasteiger partial charge is 0.431 e. The van der Waals surface area contributed by atoms with Crippen molar-refractivity contribution in [2.75, 3.05) is 46.7 Å². The molecule has 19 nitrogen and oxygen atoms in total. The van der Waals surface area contributed by atoms with Gasteiger partial charge >= 0.3 is 30.0 Å². The molecule has 2 amide bonds. The molecule has 0 saturated carbocycles. The van der Waals surface area contributed by atoms with Gasteiger partial charge in [-0.15, -0.1) is 0 Å². The molecule has 1 fully saturated rings. The van der Waals surface area contributed by atoms with E-state index in [0.717, 1.165) is 27.9 Å². The van der Waals surface area contributed by atoms with E-state index in [2.05, 4.69) is 10.8 Å². The number of methoxy groups -OCH3 is 1. The molecule has 1 heterocycles. The minimum atomic E-state index is -1.73. The van der Waals surface area contributed by atoms with Crippen LogP contribution in [-0.2, 0) is 61.9 Å². The molecule has 0 radical (unpaired) electrons. The maximum absolute atomic E-state index is 13.2. The van der Waals surface area contributed by atoms with Gasteiger partial charge in [-0.3, -0.25) is 28.8 Å². The molecule has 1 aromatic carbocycles. The van der Waals surface area contributed by atoms with Crippen LogP contribution in [-0.4, -0.2) is 125 Å². The number of hydroxylamine groups is 1. The van der Waals surface area contributed by atoms with E-state index in [0.29, 0.717) is 6.29 Å². The summed E-state index contributed by atoms with van der Waals surface area (Å²) in [6.45, 7) is 8.92. The molecular formula is C32H44N2O17. The highest BCUT2D eigenvalue weighted by Gasteiger charge is 2.56. The molecule has 19 heteroatoms. The molecule has 284 valence electrons. The number of carbonyl (C=O) groups excluding carboxylic acids is 7. The van der Waals surface area contributed by atoms with Crippen molar-refractivity contribution < 1.29 is 81.0 Å². The van der Waals surface area contributed by atoms with Gasteiger partial charge in [0.15, 0.2) is 18.3 Å². The first-order valence-electron chi connectivity index (χ1n) is 15.6. The summed E-state index contributed by atoms with van der Waals surface area (Å²) in [6.07, 6.45) is -8.56. The van der Waals surface area contributed by atoms with Crippen LogP contribution in [0.5, 0.6) is 5.75 Å². The van der Waals surface area contributed by atoms with Crippen molar-refractivity contribution in [1.82, 2.24) is 10.8 Å². The topological polar surface area (TPSA) is 236 Å². The van der Waals surface area contributed by atoms with Crippen LogP contribution in [0, 0.1) is 0 Å². The summed E-state index contributed by atoms with van der Waals surface area (Å²) in [7, 11) is 1.03. The number of carbonyl (C=O) groups is 7. The Morgan fingerprint density at radius 1 is 0.824 bits per heavy atom. The Morgan fingerprint density at radius 3 is 2.00 bits per heavy atom. The Bertz CT molecular complexity index is 1380. The third kappa shape index (κ3) is 14.9. The average Bonchev–Trinajstić information content (AvgIpc) is 3.04. The summed E-state index contributed by atoms with van der Waals surface area (Å²) in [5, 5.41) is 2.62. The van der Waals surface area contributed by atoms with E-state index in [1.54, 1.807) is 20.8 Å². The molecule has 0 bridgehead atoms. The first-order valence-corrected chi connectivity index (χ1v) is 15.6. The second-order valence-corrected chi connectivity index (χ2v) is 11.6. The van der Waals surface area contributed by atoms with Gasteiger partial charge in [0.05, 0.1) is 45.7 Å². The highest BCUT2D eigenvalue weighted by atomic mass is 16.7. The predicted octanol–water partition coefficient (Wildman–Crippen LogP) is 0.790. The number of rotatable bonds is 18. The molecule has 1 aromatic rings. The largest absolute Gasteiger partial charge is 0.467 e. The van der Waals surface area contributed by atoms with E-state index in [-0.39, 0.29) is 56.5 Å². The molecule has 0 unspecified atom stereocenters. The van der Waals surface area contributed by atoms with Crippen LogP contribution in [0.2, 0.25) is 0 Å². The predicted molar refractivity (Wildman–Crippen MR) is 169 cm³/mol. The van der Waals surface area contributed by atoms with Gasteiger partial charge in [0.25, 0.3) is 5.91 Å². The monoisotopic (exact) mass is 728 g/mol. The van der Waals surface area contributed by atoms with E-state index in [1.165, 1.54) is 18.2 Å². The first-order chi connectivity index (χ1) is 24.1. The molecule has 1 aliphatic rings. The van der Waals surface area contributed by atoms with Gasteiger partial charge in [0.2, 0.25) is 12.4 Å². The summed E-state index contributed by atoms with van der Waals surface area (Å²) in [5.41, 5.74) is 1.41. The van der Waals surface area contributed by atoms with Crippen molar-refractivity contribution in [2.45, 2.75) is 77.8 Å². The molecule has 0 aliphatic carbocycles. The van der Waals surface area contributed by atoms with Crippen LogP contribution in [0.1, 0.15) is 62.3 Å². The Hall–Kier alpha value is -4.85. The van der Waals surface area contributed by atoms with Crippen LogP contribution < -0.4 is 15.5 Å². The van der Waals surface area contributed by atoms with Crippen LogP contribution in [0.4, 0.5) is 4.79 Å². The molecule has 51 heavy (non-hydrogen) atoms. The SMILES string of the molecule is COC(=O)[C@H]1O[C@@H](Oc2ccc(C=O)cc2C(=O)NCCOCCOCCONC(=O)OC(C)(C)C)[C@H](OC(C)=O)[C@@H](OC(C)=O)[C@@H]1OC(C)=O. The lowest BCUT2D eigenvalue weighted by atomic mass is 9.97. The number of hydrogen-bond donors (Lipinski definition) is 2. The fraction of sp³-hybridized carbons (Fsp3) is 0.594. The number of hydrogen-bond acceptors (Lipinski definition) is 17. The van der Waals surface area contributed by atoms with E-state index in [1.807, 2.05) is 0 Å². The maximum atomic E-state index is 13.2. The summed E-state index contributed by atoms with van der Waals surface area (Å²) in [6, 6.07) is 3.81. The molecule has 0 aromatic heterocycles. The summed E-state index contributed by atoms with van der Waals surface area (Å²) < 4.78 is 48.2. The van der Waals surface area contributed by atoms with E-state index < -0.39 is 72.2 Å². The van der Waals surface area contributed by atoms with Gasteiger partial charge in [-0.05, 0) is 39.0 Å². The van der Waals surface area contributed by atoms with Crippen molar-refractivity contribution in [3.63, 3.8) is 0 Å². The van der Waals surface area contributed by atoms with Crippen LogP contribution in [0.15, 0.2) is 18.2 Å². The second-order valence-electron chi connectivity index (χ2n) is 11.6. The zero-order valence-electron chi connectivity index (χ0n) is 29.4. The summed E-state index contributed by atoms with van der Waals surface area (Å²) >= 11 is 0. The molecule has 2 N–H and O–H groups in total. The normalized spacial score (nSPS) is 19.9. The minimum Gasteiger partial charge on any atom is -0.467 e. The molecule has 1 aliphatic heterocycles. The van der Waals surface area contributed by atoms with Crippen molar-refractivity contribution >= 4 is 42.2 Å². The van der Waals surface area contributed by atoms with E-state index >= 15 is 0 Å². The number of nitrogens with one attached hydrogen (secondary N) is 2. The van der Waals surface area contributed by atoms with Crippen molar-refractivity contribution in [2.24, 2.45) is 0 Å². The second kappa shape index (κ2) is 20.7. The van der Waals surface area contributed by atoms with Gasteiger partial charge in [-0.2, -0.15) is 5.48 Å². The van der Waals surface area contributed by atoms with Gasteiger partial charge in [0, 0.05) is 32.9 Å². The Morgan fingerprint density at radius 2 is 1.41 bits per heavy atom. The lowest BCUT2D eigenvalue weighted by Crippen LogP contribution is -2.64. The van der Waals surface area contributed by atoms with Crippen LogP contribution >= 0.6 is 0 Å². The van der Waals surface area contributed by atoms with Gasteiger partial charge < -0.3 is 47.9 Å². The molecule has 5 atom stereocenters. The lowest BCUT2D eigenvalue weighted by molar-refractivity contribution is -0.282. The standard InChI is InChI=1S/C32H44N2O17/c1-18(36)46-24-25(47-19(2)37)27(48-20(3)38)30(50-26(24)29(40)42-7)49-23-9-8-21(17-35)16-22(23)28(39)33-10-11-43-12-13-44-14-15-45-34-31(41)51-32(4,5)6/h8-9,16-17,24-27,30H,10-15H2,1-7H3,(H,33,39)(H,34,41)/t24-,25-,26-,27+,30+/m0/s1. The number of benzene rings is 1. The number of aldehydes is 1. The quantitative estimate of drug-likeness (QED) is 0.0699. The summed E-state index contributed by atoms with van der Waals surface area (Å²) in [4.78, 5) is 90.1. The number of ether oxygens (including phenoxy) is 9. The zero-order chi connectivity index (χ0) is 38.1. The molecule has 1 saturated heterocycles. The summed E-state index contributed by atoms with van der Waals surface area (Å²) in [5.74, 6) is -4.58. The highest BCUT2D eigenvalue weighted by Crippen LogP contribution is 2.32. The van der Waals surface area contributed by atoms with Gasteiger partial charge in [0.1, 0.15) is 17.6 Å². The van der Waals surface area contributed by atoms with E-state index in [4.69, 9.17) is 47.5 Å². The Kier molecular flexibility index (Phi) is 17.2. The van der Waals surface area contributed by atoms with Crippen LogP contribution in [0.25, 0.3) is 0 Å². The molecule has 2 rings (SSSR count). The van der Waals surface area contributed by atoms with Crippen molar-refractivity contribution in [1.29, 1.82) is 0 Å². The van der Waals surface area contributed by atoms with Crippen LogP contribution in [0.3, 0.4) is 0 Å². The highest BCUT2D eigenvalue weighted by molar-refractivity contribution is 5.98. The first kappa shape index (κ1) is 42.3. The van der Waals surface area contributed by atoms with Crippen molar-refractivity contribution in [3.8, 4) is 5.75 Å². The molecular weight excluding hydrogens is 684 g/mol. The van der Waals surface area contributed by atoms with Gasteiger partial charge in [-0.1, -0.05) is 0 Å². The maximum Gasteiger partial charge on any atom is 0.431 e. The van der Waals surface area contributed by atoms with E-state index in [9.17, 15) is 33.6 Å². The third-order valence-corrected chi connectivity index (χ3v) is 6.25. The minimum absolute atomic E-state index is 0.0194. The Labute approximate surface area is 293 Å². The lowest BCUT2D eigenvalue weighted by Gasteiger charge is -2.43. The van der Waals surface area contributed by atoms with Gasteiger partial charge in [-0.25, -0.2) is 9.59 Å². The number of esters is 4. The zero-order valence-corrected chi connectivity index (χ0v) is 29.4. The Balaban J connectivity index is 2.07. The average molecular weight is 729 g/mol. The third-order valence-electron chi connectivity index (χ3n) is 6.25. The molecule has 0 spiro atoms. The van der Waals surface area contributed by atoms with Crippen molar-refractivity contribution in [3.05, 3.63) is 29.3 Å². The fourth-order valence-electron chi connectivity index (χ4n) is 4.36. The fourth-order valence-corrected chi connectivity index (χ4v) is 4.36.